The van der Waals surface area contributed by atoms with E-state index >= 15 is 0 Å². The number of likely N-dealkylation sites (N-methyl/N-ethyl adjacent to an activating group) is 1. The third-order valence-electron chi connectivity index (χ3n) is 4.27. The Morgan fingerprint density at radius 3 is 2.54 bits per heavy atom. The molecule has 2 rings (SSSR count). The maximum absolute atomic E-state index is 12.3. The normalized spacial score (nSPS) is 13.8. The van der Waals surface area contributed by atoms with Gasteiger partial charge in [0.05, 0.1) is 18.6 Å². The summed E-state index contributed by atoms with van der Waals surface area (Å²) in [6.45, 7) is 5.53. The molecule has 2 atom stereocenters. The van der Waals surface area contributed by atoms with Crippen LogP contribution < -0.4 is 11.1 Å². The van der Waals surface area contributed by atoms with Crippen molar-refractivity contribution in [1.82, 2.24) is 10.2 Å². The van der Waals surface area contributed by atoms with Crippen LogP contribution in [0.2, 0.25) is 0 Å². The van der Waals surface area contributed by atoms with Crippen molar-refractivity contribution in [3.63, 3.8) is 0 Å². The molecule has 1 aromatic heterocycles. The molecule has 0 aliphatic rings. The van der Waals surface area contributed by atoms with Gasteiger partial charge in [-0.15, -0.1) is 0 Å². The molecule has 2 aromatic rings. The van der Waals surface area contributed by atoms with E-state index in [0.717, 1.165) is 11.0 Å². The smallest absolute Gasteiger partial charge is 0.242 e. The largest absolute Gasteiger partial charge is 0.459 e. The standard InChI is InChI=1S/C18H25N3O3/c1-11(2)17(19)18(23)20-10-16(22)21(4)12(3)15-9-13-7-5-6-8-14(13)24-15/h5-9,11-12,17H,10,19H2,1-4H3,(H,20,23)/t12?,17-/m0/s1. The Morgan fingerprint density at radius 2 is 1.92 bits per heavy atom. The number of nitrogens with zero attached hydrogens (tertiary/aromatic N) is 1. The van der Waals surface area contributed by atoms with Crippen molar-refractivity contribution in [2.45, 2.75) is 32.9 Å². The van der Waals surface area contributed by atoms with Gasteiger partial charge < -0.3 is 20.4 Å². The van der Waals surface area contributed by atoms with E-state index in [9.17, 15) is 9.59 Å². The Bertz CT molecular complexity index is 690. The molecule has 2 amide bonds. The summed E-state index contributed by atoms with van der Waals surface area (Å²) in [6, 6.07) is 8.77. The van der Waals surface area contributed by atoms with Gasteiger partial charge in [-0.2, -0.15) is 0 Å². The molecule has 0 saturated carbocycles. The molecular weight excluding hydrogens is 306 g/mol. The highest BCUT2D eigenvalue weighted by Crippen LogP contribution is 2.26. The van der Waals surface area contributed by atoms with Gasteiger partial charge in [0, 0.05) is 12.4 Å². The lowest BCUT2D eigenvalue weighted by Gasteiger charge is -2.24. The second-order valence-corrected chi connectivity index (χ2v) is 6.35. The Morgan fingerprint density at radius 1 is 1.25 bits per heavy atom. The molecule has 0 fully saturated rings. The fourth-order valence-electron chi connectivity index (χ4n) is 2.32. The molecule has 0 radical (unpaired) electrons. The molecule has 0 aliphatic heterocycles. The summed E-state index contributed by atoms with van der Waals surface area (Å²) in [5.41, 5.74) is 6.55. The number of nitrogens with one attached hydrogen (secondary N) is 1. The van der Waals surface area contributed by atoms with Crippen LogP contribution >= 0.6 is 0 Å². The average molecular weight is 331 g/mol. The van der Waals surface area contributed by atoms with Crippen LogP contribution in [0.3, 0.4) is 0 Å². The zero-order valence-electron chi connectivity index (χ0n) is 14.6. The quantitative estimate of drug-likeness (QED) is 0.848. The number of carbonyl (C=O) groups excluding carboxylic acids is 2. The Kier molecular flexibility index (Phi) is 5.62. The van der Waals surface area contributed by atoms with Crippen molar-refractivity contribution in [2.75, 3.05) is 13.6 Å². The zero-order chi connectivity index (χ0) is 17.9. The summed E-state index contributed by atoms with van der Waals surface area (Å²) < 4.78 is 5.80. The van der Waals surface area contributed by atoms with Gasteiger partial charge in [0.2, 0.25) is 11.8 Å². The lowest BCUT2D eigenvalue weighted by molar-refractivity contribution is -0.134. The van der Waals surface area contributed by atoms with Crippen LogP contribution in [0.1, 0.15) is 32.6 Å². The fourth-order valence-corrected chi connectivity index (χ4v) is 2.32. The van der Waals surface area contributed by atoms with Crippen LogP contribution in [0.4, 0.5) is 0 Å². The lowest BCUT2D eigenvalue weighted by Crippen LogP contribution is -2.47. The zero-order valence-corrected chi connectivity index (χ0v) is 14.6. The maximum Gasteiger partial charge on any atom is 0.242 e. The van der Waals surface area contributed by atoms with Crippen molar-refractivity contribution < 1.29 is 14.0 Å². The van der Waals surface area contributed by atoms with Gasteiger partial charge in [-0.1, -0.05) is 32.0 Å². The van der Waals surface area contributed by atoms with Gasteiger partial charge in [-0.3, -0.25) is 9.59 Å². The van der Waals surface area contributed by atoms with Gasteiger partial charge in [-0.25, -0.2) is 0 Å². The molecule has 6 heteroatoms. The molecule has 0 spiro atoms. The first kappa shape index (κ1) is 18.0. The number of carbonyl (C=O) groups is 2. The second kappa shape index (κ2) is 7.49. The first-order chi connectivity index (χ1) is 11.3. The van der Waals surface area contributed by atoms with Gasteiger partial charge in [0.1, 0.15) is 11.3 Å². The summed E-state index contributed by atoms with van der Waals surface area (Å²) in [5.74, 6) is 0.208. The Hall–Kier alpha value is -2.34. The van der Waals surface area contributed by atoms with Crippen molar-refractivity contribution in [3.05, 3.63) is 36.1 Å². The third-order valence-corrected chi connectivity index (χ3v) is 4.27. The van der Waals surface area contributed by atoms with E-state index in [4.69, 9.17) is 10.2 Å². The summed E-state index contributed by atoms with van der Waals surface area (Å²) in [5, 5.41) is 3.59. The number of furan rings is 1. The number of amides is 2. The lowest BCUT2D eigenvalue weighted by atomic mass is 10.1. The number of hydrogen-bond donors (Lipinski definition) is 2. The fraction of sp³-hybridized carbons (Fsp3) is 0.444. The number of rotatable bonds is 6. The minimum absolute atomic E-state index is 0.0207. The summed E-state index contributed by atoms with van der Waals surface area (Å²) in [4.78, 5) is 25.7. The van der Waals surface area contributed by atoms with E-state index in [1.807, 2.05) is 51.1 Å². The molecule has 1 heterocycles. The van der Waals surface area contributed by atoms with E-state index in [1.54, 1.807) is 11.9 Å². The highest BCUT2D eigenvalue weighted by molar-refractivity contribution is 5.87. The van der Waals surface area contributed by atoms with Gasteiger partial charge >= 0.3 is 0 Å². The highest BCUT2D eigenvalue weighted by atomic mass is 16.3. The molecule has 1 aromatic carbocycles. The van der Waals surface area contributed by atoms with Crippen LogP contribution in [0.25, 0.3) is 11.0 Å². The van der Waals surface area contributed by atoms with Crippen LogP contribution in [0.15, 0.2) is 34.7 Å². The average Bonchev–Trinajstić information content (AvgIpc) is 3.01. The van der Waals surface area contributed by atoms with Crippen molar-refractivity contribution in [1.29, 1.82) is 0 Å². The topological polar surface area (TPSA) is 88.6 Å². The minimum Gasteiger partial charge on any atom is -0.459 e. The SMILES string of the molecule is CC(C)[C@H](N)C(=O)NCC(=O)N(C)C(C)c1cc2ccccc2o1. The number of fused-ring (bicyclic) bond motifs is 1. The Labute approximate surface area is 142 Å². The first-order valence-electron chi connectivity index (χ1n) is 8.08. The first-order valence-corrected chi connectivity index (χ1v) is 8.08. The van der Waals surface area contributed by atoms with Crippen LogP contribution in [0, 0.1) is 5.92 Å². The van der Waals surface area contributed by atoms with Crippen molar-refractivity contribution in [3.8, 4) is 0 Å². The molecule has 0 aliphatic carbocycles. The highest BCUT2D eigenvalue weighted by Gasteiger charge is 2.22. The molecular formula is C18H25N3O3. The van der Waals surface area contributed by atoms with Gasteiger partial charge in [0.25, 0.3) is 0 Å². The molecule has 3 N–H and O–H groups in total. The predicted octanol–water partition coefficient (Wildman–Crippen LogP) is 2.05. The van der Waals surface area contributed by atoms with Crippen molar-refractivity contribution >= 4 is 22.8 Å². The van der Waals surface area contributed by atoms with Gasteiger partial charge in [-0.05, 0) is 25.0 Å². The monoisotopic (exact) mass is 331 g/mol. The molecule has 0 saturated heterocycles. The van der Waals surface area contributed by atoms with E-state index in [-0.39, 0.29) is 30.3 Å². The van der Waals surface area contributed by atoms with Crippen molar-refractivity contribution in [2.24, 2.45) is 11.7 Å². The van der Waals surface area contributed by atoms with Crippen LogP contribution in [-0.4, -0.2) is 36.3 Å². The van der Waals surface area contributed by atoms with Crippen LogP contribution in [-0.2, 0) is 9.59 Å². The molecule has 1 unspecified atom stereocenters. The summed E-state index contributed by atoms with van der Waals surface area (Å²) in [6.07, 6.45) is 0. The molecule has 24 heavy (non-hydrogen) atoms. The Balaban J connectivity index is 1.98. The van der Waals surface area contributed by atoms with E-state index in [1.165, 1.54) is 0 Å². The summed E-state index contributed by atoms with van der Waals surface area (Å²) >= 11 is 0. The van der Waals surface area contributed by atoms with Gasteiger partial charge in [0.15, 0.2) is 0 Å². The number of benzene rings is 1. The molecule has 130 valence electrons. The number of para-hydroxylation sites is 1. The number of nitrogens with two attached hydrogens (primary N) is 1. The second-order valence-electron chi connectivity index (χ2n) is 6.35. The minimum atomic E-state index is -0.615. The van der Waals surface area contributed by atoms with E-state index < -0.39 is 6.04 Å². The maximum atomic E-state index is 12.3. The number of hydrogen-bond acceptors (Lipinski definition) is 4. The molecule has 6 nitrogen and oxygen atoms in total. The summed E-state index contributed by atoms with van der Waals surface area (Å²) in [7, 11) is 1.69. The van der Waals surface area contributed by atoms with E-state index in [0.29, 0.717) is 5.76 Å². The van der Waals surface area contributed by atoms with E-state index in [2.05, 4.69) is 5.32 Å². The predicted molar refractivity (Wildman–Crippen MR) is 93.2 cm³/mol. The third kappa shape index (κ3) is 3.94. The molecule has 0 bridgehead atoms. The van der Waals surface area contributed by atoms with Crippen LogP contribution in [0.5, 0.6) is 0 Å².